The van der Waals surface area contributed by atoms with Gasteiger partial charge in [0.1, 0.15) is 11.8 Å². The van der Waals surface area contributed by atoms with Crippen LogP contribution in [-0.2, 0) is 16.1 Å². The predicted molar refractivity (Wildman–Crippen MR) is 65.3 cm³/mol. The largest absolute Gasteiger partial charge is 0.444 e. The summed E-state index contributed by atoms with van der Waals surface area (Å²) in [6.45, 7) is 2.25. The van der Waals surface area contributed by atoms with E-state index < -0.39 is 19.0 Å². The normalized spacial score (nSPS) is 20.3. The van der Waals surface area contributed by atoms with Gasteiger partial charge < -0.3 is 14.5 Å². The fourth-order valence-electron chi connectivity index (χ4n) is 2.05. The van der Waals surface area contributed by atoms with Crippen molar-refractivity contribution in [2.45, 2.75) is 25.9 Å². The number of aromatic nitrogens is 1. The van der Waals surface area contributed by atoms with Crippen molar-refractivity contribution < 1.29 is 22.7 Å². The molecule has 1 saturated heterocycles. The molecule has 1 unspecified atom stereocenters. The van der Waals surface area contributed by atoms with Gasteiger partial charge in [-0.2, -0.15) is 0 Å². The van der Waals surface area contributed by atoms with E-state index in [1.165, 1.54) is 11.1 Å². The van der Waals surface area contributed by atoms with E-state index in [1.54, 1.807) is 6.92 Å². The lowest BCUT2D eigenvalue weighted by Crippen LogP contribution is -2.54. The van der Waals surface area contributed by atoms with Crippen molar-refractivity contribution in [2.24, 2.45) is 0 Å². The number of carbonyl (C=O) groups excluding carboxylic acids is 1. The third kappa shape index (κ3) is 3.97. The van der Waals surface area contributed by atoms with Crippen molar-refractivity contribution in [3.63, 3.8) is 0 Å². The maximum absolute atomic E-state index is 12.5. The Kier molecular flexibility index (Phi) is 5.02. The summed E-state index contributed by atoms with van der Waals surface area (Å²) in [4.78, 5) is 17.4. The number of alkyl halides is 2. The van der Waals surface area contributed by atoms with Gasteiger partial charge in [0.15, 0.2) is 5.89 Å². The van der Waals surface area contributed by atoms with Crippen LogP contribution in [0, 0.1) is 6.92 Å². The average molecular weight is 289 g/mol. The Morgan fingerprint density at radius 2 is 2.45 bits per heavy atom. The molecule has 1 aliphatic heterocycles. The molecule has 1 fully saturated rings. The van der Waals surface area contributed by atoms with Crippen LogP contribution in [0.15, 0.2) is 10.6 Å². The number of halogens is 2. The molecule has 0 aliphatic carbocycles. The lowest BCUT2D eigenvalue weighted by atomic mass is 10.2. The van der Waals surface area contributed by atoms with Gasteiger partial charge in [0.05, 0.1) is 32.5 Å². The number of nitrogens with one attached hydrogen (secondary N) is 1. The highest BCUT2D eigenvalue weighted by Gasteiger charge is 2.31. The topological polar surface area (TPSA) is 67.6 Å². The average Bonchev–Trinajstić information content (AvgIpc) is 2.82. The molecule has 2 rings (SSSR count). The van der Waals surface area contributed by atoms with Crippen molar-refractivity contribution in [3.8, 4) is 0 Å². The summed E-state index contributed by atoms with van der Waals surface area (Å²) in [5, 5.41) is 2.65. The highest BCUT2D eigenvalue weighted by Crippen LogP contribution is 2.10. The van der Waals surface area contributed by atoms with Crippen LogP contribution < -0.4 is 5.32 Å². The zero-order valence-corrected chi connectivity index (χ0v) is 11.1. The van der Waals surface area contributed by atoms with E-state index in [2.05, 4.69) is 10.3 Å². The van der Waals surface area contributed by atoms with E-state index in [1.807, 2.05) is 0 Å². The Hall–Kier alpha value is -1.54. The van der Waals surface area contributed by atoms with Crippen molar-refractivity contribution in [3.05, 3.63) is 17.8 Å². The van der Waals surface area contributed by atoms with Gasteiger partial charge in [-0.3, -0.25) is 9.69 Å². The van der Waals surface area contributed by atoms with E-state index in [0.717, 1.165) is 0 Å². The zero-order valence-electron chi connectivity index (χ0n) is 11.1. The molecule has 1 N–H and O–H groups in total. The van der Waals surface area contributed by atoms with Crippen molar-refractivity contribution in [2.75, 3.05) is 26.3 Å². The van der Waals surface area contributed by atoms with E-state index in [-0.39, 0.29) is 19.1 Å². The Labute approximate surface area is 115 Å². The molecule has 8 heteroatoms. The zero-order chi connectivity index (χ0) is 14.5. The highest BCUT2D eigenvalue weighted by molar-refractivity contribution is 5.81. The smallest absolute Gasteiger partial charge is 0.251 e. The summed E-state index contributed by atoms with van der Waals surface area (Å²) in [5.74, 6) is 0.682. The SMILES string of the molecule is Cc1ncc(CNC(=O)C2COCCN2CC(F)F)o1. The van der Waals surface area contributed by atoms with Crippen LogP contribution in [0.2, 0.25) is 0 Å². The standard InChI is InChI=1S/C12H17F2N3O3/c1-8-15-4-9(20-8)5-16-12(18)10-7-19-3-2-17(10)6-11(13)14/h4,10-11H,2-3,5-7H2,1H3,(H,16,18). The Balaban J connectivity index is 1.88. The summed E-state index contributed by atoms with van der Waals surface area (Å²) in [6, 6.07) is -0.693. The van der Waals surface area contributed by atoms with Crippen LogP contribution >= 0.6 is 0 Å². The second kappa shape index (κ2) is 6.76. The van der Waals surface area contributed by atoms with E-state index in [4.69, 9.17) is 9.15 Å². The molecular weight excluding hydrogens is 272 g/mol. The summed E-state index contributed by atoms with van der Waals surface area (Å²) < 4.78 is 35.4. The van der Waals surface area contributed by atoms with E-state index in [9.17, 15) is 13.6 Å². The van der Waals surface area contributed by atoms with Crippen LogP contribution in [-0.4, -0.2) is 54.6 Å². The maximum Gasteiger partial charge on any atom is 0.251 e. The second-order valence-corrected chi connectivity index (χ2v) is 4.54. The van der Waals surface area contributed by atoms with E-state index >= 15 is 0 Å². The van der Waals surface area contributed by atoms with Gasteiger partial charge in [0.2, 0.25) is 5.91 Å². The summed E-state index contributed by atoms with van der Waals surface area (Å²) in [5.41, 5.74) is 0. The quantitative estimate of drug-likeness (QED) is 0.858. The fraction of sp³-hybridized carbons (Fsp3) is 0.667. The van der Waals surface area contributed by atoms with Crippen LogP contribution in [0.4, 0.5) is 8.78 Å². The number of aryl methyl sites for hydroxylation is 1. The Bertz CT molecular complexity index is 453. The lowest BCUT2D eigenvalue weighted by molar-refractivity contribution is -0.134. The number of amides is 1. The van der Waals surface area contributed by atoms with Crippen LogP contribution in [0.3, 0.4) is 0 Å². The van der Waals surface area contributed by atoms with Crippen molar-refractivity contribution in [1.29, 1.82) is 0 Å². The van der Waals surface area contributed by atoms with Gasteiger partial charge in [-0.15, -0.1) is 0 Å². The molecule has 1 atom stereocenters. The number of carbonyl (C=O) groups is 1. The minimum Gasteiger partial charge on any atom is -0.444 e. The number of hydrogen-bond acceptors (Lipinski definition) is 5. The predicted octanol–water partition coefficient (Wildman–Crippen LogP) is 0.565. The van der Waals surface area contributed by atoms with Crippen LogP contribution in [0.25, 0.3) is 0 Å². The van der Waals surface area contributed by atoms with Gasteiger partial charge in [-0.05, 0) is 0 Å². The Morgan fingerprint density at radius 3 is 3.10 bits per heavy atom. The molecule has 1 aliphatic rings. The molecule has 1 amide bonds. The first kappa shape index (κ1) is 14.9. The third-order valence-electron chi connectivity index (χ3n) is 3.02. The van der Waals surface area contributed by atoms with Crippen molar-refractivity contribution in [1.82, 2.24) is 15.2 Å². The Morgan fingerprint density at radius 1 is 1.65 bits per heavy atom. The molecule has 112 valence electrons. The molecule has 0 aromatic carbocycles. The van der Waals surface area contributed by atoms with Gasteiger partial charge >= 0.3 is 0 Å². The van der Waals surface area contributed by atoms with Gasteiger partial charge in [-0.1, -0.05) is 0 Å². The number of oxazole rings is 1. The molecule has 0 radical (unpaired) electrons. The fourth-order valence-corrected chi connectivity index (χ4v) is 2.05. The first-order chi connectivity index (χ1) is 9.56. The molecule has 0 spiro atoms. The van der Waals surface area contributed by atoms with Gasteiger partial charge in [0, 0.05) is 13.5 Å². The first-order valence-corrected chi connectivity index (χ1v) is 6.35. The molecule has 0 bridgehead atoms. The van der Waals surface area contributed by atoms with Crippen LogP contribution in [0.5, 0.6) is 0 Å². The number of rotatable bonds is 5. The first-order valence-electron chi connectivity index (χ1n) is 6.35. The molecule has 0 saturated carbocycles. The van der Waals surface area contributed by atoms with Gasteiger partial charge in [-0.25, -0.2) is 13.8 Å². The molecule has 1 aromatic rings. The van der Waals surface area contributed by atoms with Crippen molar-refractivity contribution >= 4 is 5.91 Å². The summed E-state index contributed by atoms with van der Waals surface area (Å²) in [6.07, 6.45) is -0.954. The molecule has 1 aromatic heterocycles. The highest BCUT2D eigenvalue weighted by atomic mass is 19.3. The number of hydrogen-bond donors (Lipinski definition) is 1. The third-order valence-corrected chi connectivity index (χ3v) is 3.02. The summed E-state index contributed by atoms with van der Waals surface area (Å²) >= 11 is 0. The lowest BCUT2D eigenvalue weighted by Gasteiger charge is -2.34. The maximum atomic E-state index is 12.5. The summed E-state index contributed by atoms with van der Waals surface area (Å²) in [7, 11) is 0. The molecular formula is C12H17F2N3O3. The minimum atomic E-state index is -2.47. The monoisotopic (exact) mass is 289 g/mol. The molecule has 20 heavy (non-hydrogen) atoms. The number of ether oxygens (including phenoxy) is 1. The molecule has 2 heterocycles. The van der Waals surface area contributed by atoms with Gasteiger partial charge in [0.25, 0.3) is 6.43 Å². The van der Waals surface area contributed by atoms with Crippen LogP contribution in [0.1, 0.15) is 11.7 Å². The molecule has 6 nitrogen and oxygen atoms in total. The second-order valence-electron chi connectivity index (χ2n) is 4.54. The van der Waals surface area contributed by atoms with E-state index in [0.29, 0.717) is 24.8 Å². The number of nitrogens with zero attached hydrogens (tertiary/aromatic N) is 2. The number of morpholine rings is 1. The minimum absolute atomic E-state index is 0.119.